The van der Waals surface area contributed by atoms with Gasteiger partial charge < -0.3 is 9.84 Å². The smallest absolute Gasteiger partial charge is 0.413 e. The Morgan fingerprint density at radius 2 is 2.15 bits per heavy atom. The first-order valence-electron chi connectivity index (χ1n) is 6.80. The van der Waals surface area contributed by atoms with Gasteiger partial charge in [-0.25, -0.2) is 9.78 Å². The Hall–Kier alpha value is -1.14. The van der Waals surface area contributed by atoms with Crippen LogP contribution < -0.4 is 5.32 Å². The van der Waals surface area contributed by atoms with Crippen molar-refractivity contribution in [2.45, 2.75) is 52.6 Å². The van der Waals surface area contributed by atoms with Crippen LogP contribution in [0.15, 0.2) is 0 Å². The summed E-state index contributed by atoms with van der Waals surface area (Å²) in [5.74, 6) is 0. The summed E-state index contributed by atoms with van der Waals surface area (Å²) in [6.45, 7) is 7.62. The third kappa shape index (κ3) is 3.93. The van der Waals surface area contributed by atoms with E-state index in [0.717, 1.165) is 29.8 Å². The Labute approximate surface area is 123 Å². The van der Waals surface area contributed by atoms with E-state index >= 15 is 0 Å². The average Bonchev–Trinajstić information content (AvgIpc) is 2.98. The van der Waals surface area contributed by atoms with E-state index < -0.39 is 11.7 Å². The summed E-state index contributed by atoms with van der Waals surface area (Å²) < 4.78 is 5.20. The van der Waals surface area contributed by atoms with E-state index in [1.165, 1.54) is 11.3 Å². The average molecular weight is 298 g/mol. The fraction of sp³-hybridized carbons (Fsp3) is 0.714. The molecular formula is C14H22N2O3S. The number of carbonyl (C=O) groups excluding carboxylic acids is 1. The summed E-state index contributed by atoms with van der Waals surface area (Å²) in [5, 5.41) is 12.6. The molecule has 0 spiro atoms. The van der Waals surface area contributed by atoms with Gasteiger partial charge in [0.05, 0.1) is 5.69 Å². The fourth-order valence-electron chi connectivity index (χ4n) is 1.94. The van der Waals surface area contributed by atoms with Crippen molar-refractivity contribution in [3.63, 3.8) is 0 Å². The molecule has 1 fully saturated rings. The Morgan fingerprint density at radius 3 is 2.65 bits per heavy atom. The Bertz CT molecular complexity index is 501. The number of hydrogen-bond donors (Lipinski definition) is 2. The zero-order valence-corrected chi connectivity index (χ0v) is 13.3. The van der Waals surface area contributed by atoms with Crippen LogP contribution in [-0.4, -0.2) is 28.4 Å². The number of aryl methyl sites for hydroxylation is 1. The number of nitrogens with zero attached hydrogens (tertiary/aromatic N) is 1. The highest BCUT2D eigenvalue weighted by Gasteiger charge is 2.42. The predicted molar refractivity (Wildman–Crippen MR) is 79.2 cm³/mol. The largest absolute Gasteiger partial charge is 0.444 e. The number of carbonyl (C=O) groups is 1. The van der Waals surface area contributed by atoms with E-state index in [1.54, 1.807) is 0 Å². The predicted octanol–water partition coefficient (Wildman–Crippen LogP) is 3.11. The van der Waals surface area contributed by atoms with Crippen LogP contribution in [0, 0.1) is 12.3 Å². The number of aromatic nitrogens is 1. The summed E-state index contributed by atoms with van der Waals surface area (Å²) in [5.41, 5.74) is 0.454. The monoisotopic (exact) mass is 298 g/mol. The van der Waals surface area contributed by atoms with Gasteiger partial charge in [0.1, 0.15) is 5.60 Å². The first-order valence-corrected chi connectivity index (χ1v) is 7.62. The molecule has 0 unspecified atom stereocenters. The van der Waals surface area contributed by atoms with Gasteiger partial charge in [-0.15, -0.1) is 11.3 Å². The molecule has 0 radical (unpaired) electrons. The molecule has 1 aromatic heterocycles. The van der Waals surface area contributed by atoms with Gasteiger partial charge in [-0.3, -0.25) is 5.32 Å². The SMILES string of the molecule is Cc1nc(NC(=O)OC(C)(C)C)sc1CC1(CO)CC1. The maximum Gasteiger partial charge on any atom is 0.413 e. The molecular weight excluding hydrogens is 276 g/mol. The maximum absolute atomic E-state index is 11.7. The zero-order chi connectivity index (χ0) is 15.0. The van der Waals surface area contributed by atoms with Crippen LogP contribution in [0.4, 0.5) is 9.93 Å². The first-order chi connectivity index (χ1) is 9.23. The van der Waals surface area contributed by atoms with Crippen LogP contribution in [0.2, 0.25) is 0 Å². The Balaban J connectivity index is 1.99. The van der Waals surface area contributed by atoms with Gasteiger partial charge in [-0.2, -0.15) is 0 Å². The van der Waals surface area contributed by atoms with Gasteiger partial charge in [0, 0.05) is 11.5 Å². The molecule has 0 bridgehead atoms. The number of amides is 1. The van der Waals surface area contributed by atoms with Gasteiger partial charge in [-0.1, -0.05) is 0 Å². The minimum Gasteiger partial charge on any atom is -0.444 e. The molecule has 0 aliphatic heterocycles. The molecule has 2 N–H and O–H groups in total. The Kier molecular flexibility index (Phi) is 4.07. The summed E-state index contributed by atoms with van der Waals surface area (Å²) in [7, 11) is 0. The van der Waals surface area contributed by atoms with Gasteiger partial charge in [0.25, 0.3) is 0 Å². The highest BCUT2D eigenvalue weighted by molar-refractivity contribution is 7.15. The summed E-state index contributed by atoms with van der Waals surface area (Å²) in [4.78, 5) is 17.2. The number of ether oxygens (including phenoxy) is 1. The van der Waals surface area contributed by atoms with Crippen molar-refractivity contribution in [3.05, 3.63) is 10.6 Å². The minimum absolute atomic E-state index is 0.0560. The van der Waals surface area contributed by atoms with Crippen LogP contribution in [0.25, 0.3) is 0 Å². The lowest BCUT2D eigenvalue weighted by Gasteiger charge is -2.18. The van der Waals surface area contributed by atoms with Gasteiger partial charge in [-0.05, 0) is 52.4 Å². The molecule has 20 heavy (non-hydrogen) atoms. The van der Waals surface area contributed by atoms with E-state index in [9.17, 15) is 9.90 Å². The number of anilines is 1. The molecule has 0 aromatic carbocycles. The minimum atomic E-state index is -0.520. The number of rotatable bonds is 4. The summed E-state index contributed by atoms with van der Waals surface area (Å²) >= 11 is 1.46. The number of nitrogens with one attached hydrogen (secondary N) is 1. The molecule has 1 heterocycles. The number of thiazole rings is 1. The van der Waals surface area contributed by atoms with E-state index in [0.29, 0.717) is 5.13 Å². The highest BCUT2D eigenvalue weighted by atomic mass is 32.1. The van der Waals surface area contributed by atoms with Crippen molar-refractivity contribution in [1.82, 2.24) is 4.98 Å². The molecule has 1 aromatic rings. The molecule has 2 rings (SSSR count). The van der Waals surface area contributed by atoms with E-state index in [4.69, 9.17) is 4.74 Å². The topological polar surface area (TPSA) is 71.5 Å². The molecule has 0 saturated heterocycles. The molecule has 0 atom stereocenters. The van der Waals surface area contributed by atoms with E-state index in [-0.39, 0.29) is 12.0 Å². The first kappa shape index (κ1) is 15.3. The van der Waals surface area contributed by atoms with Crippen molar-refractivity contribution in [1.29, 1.82) is 0 Å². The lowest BCUT2D eigenvalue weighted by atomic mass is 10.0. The molecule has 5 nitrogen and oxygen atoms in total. The van der Waals surface area contributed by atoms with Crippen LogP contribution in [0.1, 0.15) is 44.2 Å². The van der Waals surface area contributed by atoms with Crippen molar-refractivity contribution in [2.24, 2.45) is 5.41 Å². The standard InChI is InChI=1S/C14H22N2O3S/c1-9-10(7-14(8-17)5-6-14)20-11(15-9)16-12(18)19-13(2,3)4/h17H,5-8H2,1-4H3,(H,15,16,18). The third-order valence-corrected chi connectivity index (χ3v) is 4.40. The number of aliphatic hydroxyl groups is 1. The quantitative estimate of drug-likeness (QED) is 0.896. The second-order valence-electron chi connectivity index (χ2n) is 6.49. The molecule has 1 amide bonds. The van der Waals surface area contributed by atoms with Crippen LogP contribution in [0.3, 0.4) is 0 Å². The van der Waals surface area contributed by atoms with Gasteiger partial charge >= 0.3 is 6.09 Å². The van der Waals surface area contributed by atoms with Gasteiger partial charge in [0.15, 0.2) is 5.13 Å². The summed E-state index contributed by atoms with van der Waals surface area (Å²) in [6, 6.07) is 0. The molecule has 1 saturated carbocycles. The Morgan fingerprint density at radius 1 is 1.50 bits per heavy atom. The van der Waals surface area contributed by atoms with Crippen molar-refractivity contribution < 1.29 is 14.6 Å². The van der Waals surface area contributed by atoms with Crippen LogP contribution >= 0.6 is 11.3 Å². The van der Waals surface area contributed by atoms with E-state index in [2.05, 4.69) is 10.3 Å². The van der Waals surface area contributed by atoms with Crippen molar-refractivity contribution >= 4 is 22.6 Å². The fourth-order valence-corrected chi connectivity index (χ4v) is 3.07. The lowest BCUT2D eigenvalue weighted by Crippen LogP contribution is -2.27. The normalized spacial score (nSPS) is 16.9. The second kappa shape index (κ2) is 5.33. The second-order valence-corrected chi connectivity index (χ2v) is 7.57. The highest BCUT2D eigenvalue weighted by Crippen LogP contribution is 2.49. The zero-order valence-electron chi connectivity index (χ0n) is 12.4. The number of hydrogen-bond acceptors (Lipinski definition) is 5. The van der Waals surface area contributed by atoms with E-state index in [1.807, 2.05) is 27.7 Å². The molecule has 112 valence electrons. The van der Waals surface area contributed by atoms with Gasteiger partial charge in [0.2, 0.25) is 0 Å². The van der Waals surface area contributed by atoms with Crippen molar-refractivity contribution in [3.8, 4) is 0 Å². The molecule has 6 heteroatoms. The molecule has 1 aliphatic rings. The number of aliphatic hydroxyl groups excluding tert-OH is 1. The third-order valence-electron chi connectivity index (χ3n) is 3.33. The lowest BCUT2D eigenvalue weighted by molar-refractivity contribution is 0.0636. The van der Waals surface area contributed by atoms with Crippen LogP contribution in [0.5, 0.6) is 0 Å². The maximum atomic E-state index is 11.7. The molecule has 1 aliphatic carbocycles. The van der Waals surface area contributed by atoms with Crippen molar-refractivity contribution in [2.75, 3.05) is 11.9 Å². The summed E-state index contributed by atoms with van der Waals surface area (Å²) in [6.07, 6.45) is 2.48. The van der Waals surface area contributed by atoms with Crippen LogP contribution in [-0.2, 0) is 11.2 Å².